The first kappa shape index (κ1) is 22.5. The lowest BCUT2D eigenvalue weighted by Gasteiger charge is -2.24. The zero-order valence-electron chi connectivity index (χ0n) is 18.5. The molecule has 0 radical (unpaired) electrons. The number of carbonyl (C=O) groups excluding carboxylic acids is 3. The molecule has 0 unspecified atom stereocenters. The van der Waals surface area contributed by atoms with Crippen molar-refractivity contribution >= 4 is 17.7 Å². The maximum Gasteiger partial charge on any atom is 0.261 e. The molecule has 31 heavy (non-hydrogen) atoms. The summed E-state index contributed by atoms with van der Waals surface area (Å²) in [5, 5.41) is 2.94. The summed E-state index contributed by atoms with van der Waals surface area (Å²) < 4.78 is 5.35. The zero-order valence-corrected chi connectivity index (χ0v) is 18.5. The third kappa shape index (κ3) is 4.77. The number of hydrogen-bond donors (Lipinski definition) is 1. The molecule has 0 fully saturated rings. The molecule has 0 saturated heterocycles. The Balaban J connectivity index is 1.73. The number of ether oxygens (including phenoxy) is 1. The highest BCUT2D eigenvalue weighted by molar-refractivity contribution is 6.21. The molecule has 0 aromatic heterocycles. The highest BCUT2D eigenvalue weighted by atomic mass is 16.5. The second kappa shape index (κ2) is 9.75. The molecule has 2 aromatic carbocycles. The van der Waals surface area contributed by atoms with Crippen molar-refractivity contribution < 1.29 is 19.1 Å². The van der Waals surface area contributed by atoms with Gasteiger partial charge in [-0.3, -0.25) is 24.2 Å². The van der Waals surface area contributed by atoms with Crippen molar-refractivity contribution in [3.05, 3.63) is 64.7 Å². The summed E-state index contributed by atoms with van der Waals surface area (Å²) in [7, 11) is 1.51. The molecule has 3 rings (SSSR count). The summed E-state index contributed by atoms with van der Waals surface area (Å²) in [5.74, 6) is -0.452. The third-order valence-corrected chi connectivity index (χ3v) is 5.55. The predicted octanol–water partition coefficient (Wildman–Crippen LogP) is 2.95. The van der Waals surface area contributed by atoms with Crippen LogP contribution in [-0.4, -0.2) is 60.3 Å². The number of nitrogens with zero attached hydrogens (tertiary/aromatic N) is 2. The first-order chi connectivity index (χ1) is 14.9. The van der Waals surface area contributed by atoms with Crippen LogP contribution in [0.1, 0.15) is 57.4 Å². The van der Waals surface area contributed by atoms with Crippen molar-refractivity contribution in [2.75, 3.05) is 26.7 Å². The smallest absolute Gasteiger partial charge is 0.261 e. The molecule has 0 saturated carbocycles. The molecular weight excluding hydrogens is 394 g/mol. The van der Waals surface area contributed by atoms with E-state index in [1.807, 2.05) is 0 Å². The van der Waals surface area contributed by atoms with Gasteiger partial charge >= 0.3 is 0 Å². The van der Waals surface area contributed by atoms with Gasteiger partial charge < -0.3 is 10.1 Å². The molecule has 0 spiro atoms. The molecular formula is C24H29N3O4. The standard InChI is InChI=1S/C24H29N3O4/c1-5-26(16(2)3)13-12-25-22(28)20-14-17(10-11-21(20)31-4)15-27-23(29)18-8-6-7-9-19(18)24(27)30/h6-11,14,16H,5,12-13,15H2,1-4H3,(H,25,28). The molecule has 2 aromatic rings. The Morgan fingerprint density at radius 3 is 2.29 bits per heavy atom. The van der Waals surface area contributed by atoms with Crippen molar-refractivity contribution in [1.82, 2.24) is 15.1 Å². The van der Waals surface area contributed by atoms with Gasteiger partial charge in [-0.05, 0) is 50.2 Å². The highest BCUT2D eigenvalue weighted by Crippen LogP contribution is 2.26. The van der Waals surface area contributed by atoms with E-state index in [2.05, 4.69) is 31.0 Å². The van der Waals surface area contributed by atoms with E-state index < -0.39 is 0 Å². The van der Waals surface area contributed by atoms with Gasteiger partial charge in [0.15, 0.2) is 0 Å². The fraction of sp³-hybridized carbons (Fsp3) is 0.375. The Morgan fingerprint density at radius 2 is 1.74 bits per heavy atom. The van der Waals surface area contributed by atoms with Crippen LogP contribution in [0.4, 0.5) is 0 Å². The minimum Gasteiger partial charge on any atom is -0.496 e. The maximum absolute atomic E-state index is 12.8. The summed E-state index contributed by atoms with van der Waals surface area (Å²) in [5.41, 5.74) is 1.87. The van der Waals surface area contributed by atoms with Crippen molar-refractivity contribution in [3.8, 4) is 5.75 Å². The van der Waals surface area contributed by atoms with Crippen LogP contribution < -0.4 is 10.1 Å². The molecule has 1 heterocycles. The van der Waals surface area contributed by atoms with Crippen LogP contribution >= 0.6 is 0 Å². The van der Waals surface area contributed by atoms with E-state index in [4.69, 9.17) is 4.74 Å². The molecule has 1 N–H and O–H groups in total. The number of hydrogen-bond acceptors (Lipinski definition) is 5. The van der Waals surface area contributed by atoms with Crippen molar-refractivity contribution in [2.45, 2.75) is 33.4 Å². The lowest BCUT2D eigenvalue weighted by atomic mass is 10.1. The van der Waals surface area contributed by atoms with Gasteiger partial charge in [-0.1, -0.05) is 25.1 Å². The lowest BCUT2D eigenvalue weighted by Crippen LogP contribution is -2.38. The minimum atomic E-state index is -0.323. The quantitative estimate of drug-likeness (QED) is 0.628. The van der Waals surface area contributed by atoms with Gasteiger partial charge in [-0.15, -0.1) is 0 Å². The van der Waals surface area contributed by atoms with Crippen LogP contribution in [0, 0.1) is 0 Å². The number of nitrogens with one attached hydrogen (secondary N) is 1. The minimum absolute atomic E-state index is 0.0909. The van der Waals surface area contributed by atoms with Gasteiger partial charge in [0.25, 0.3) is 17.7 Å². The normalized spacial score (nSPS) is 13.2. The van der Waals surface area contributed by atoms with Crippen LogP contribution in [0.25, 0.3) is 0 Å². The van der Waals surface area contributed by atoms with E-state index in [1.54, 1.807) is 42.5 Å². The summed E-state index contributed by atoms with van der Waals surface area (Å²) in [6, 6.07) is 12.3. The van der Waals surface area contributed by atoms with Crippen LogP contribution in [-0.2, 0) is 6.54 Å². The van der Waals surface area contributed by atoms with E-state index in [-0.39, 0.29) is 24.3 Å². The second-order valence-electron chi connectivity index (χ2n) is 7.75. The Kier molecular flexibility index (Phi) is 7.07. The summed E-state index contributed by atoms with van der Waals surface area (Å²) in [4.78, 5) is 41.5. The molecule has 1 aliphatic heterocycles. The number of likely N-dealkylation sites (N-methyl/N-ethyl adjacent to an activating group) is 1. The number of rotatable bonds is 9. The Hall–Kier alpha value is -3.19. The average Bonchev–Trinajstić information content (AvgIpc) is 3.01. The highest BCUT2D eigenvalue weighted by Gasteiger charge is 2.35. The Bertz CT molecular complexity index is 952. The van der Waals surface area contributed by atoms with Gasteiger partial charge in [0.2, 0.25) is 0 Å². The molecule has 0 atom stereocenters. The van der Waals surface area contributed by atoms with E-state index in [9.17, 15) is 14.4 Å². The number of fused-ring (bicyclic) bond motifs is 1. The molecule has 164 valence electrons. The second-order valence-corrected chi connectivity index (χ2v) is 7.75. The van der Waals surface area contributed by atoms with Crippen LogP contribution in [0.15, 0.2) is 42.5 Å². The fourth-order valence-corrected chi connectivity index (χ4v) is 3.79. The molecule has 0 aliphatic carbocycles. The van der Waals surface area contributed by atoms with Gasteiger partial charge in [0.1, 0.15) is 5.75 Å². The van der Waals surface area contributed by atoms with Crippen molar-refractivity contribution in [2.24, 2.45) is 0 Å². The molecule has 0 bridgehead atoms. The predicted molar refractivity (Wildman–Crippen MR) is 118 cm³/mol. The van der Waals surface area contributed by atoms with Crippen molar-refractivity contribution in [3.63, 3.8) is 0 Å². The van der Waals surface area contributed by atoms with Gasteiger partial charge in [0, 0.05) is 19.1 Å². The monoisotopic (exact) mass is 423 g/mol. The van der Waals surface area contributed by atoms with E-state index in [0.717, 1.165) is 13.1 Å². The number of imide groups is 1. The summed E-state index contributed by atoms with van der Waals surface area (Å²) in [6.45, 7) is 8.59. The van der Waals surface area contributed by atoms with Gasteiger partial charge in [0.05, 0.1) is 30.3 Å². The first-order valence-corrected chi connectivity index (χ1v) is 10.5. The van der Waals surface area contributed by atoms with E-state index in [1.165, 1.54) is 12.0 Å². The topological polar surface area (TPSA) is 79.0 Å². The van der Waals surface area contributed by atoms with Gasteiger partial charge in [-0.25, -0.2) is 0 Å². The molecule has 7 heteroatoms. The van der Waals surface area contributed by atoms with E-state index in [0.29, 0.717) is 40.6 Å². The lowest BCUT2D eigenvalue weighted by molar-refractivity contribution is 0.0642. The number of carbonyl (C=O) groups is 3. The SMILES string of the molecule is CCN(CCNC(=O)c1cc(CN2C(=O)c3ccccc3C2=O)ccc1OC)C(C)C. The molecule has 1 aliphatic rings. The Labute approximate surface area is 183 Å². The van der Waals surface area contributed by atoms with Crippen LogP contribution in [0.5, 0.6) is 5.75 Å². The number of amides is 3. The number of benzene rings is 2. The zero-order chi connectivity index (χ0) is 22.5. The number of methoxy groups -OCH3 is 1. The van der Waals surface area contributed by atoms with Gasteiger partial charge in [-0.2, -0.15) is 0 Å². The Morgan fingerprint density at radius 1 is 1.10 bits per heavy atom. The molecule has 3 amide bonds. The average molecular weight is 424 g/mol. The fourth-order valence-electron chi connectivity index (χ4n) is 3.79. The summed E-state index contributed by atoms with van der Waals surface area (Å²) in [6.07, 6.45) is 0. The first-order valence-electron chi connectivity index (χ1n) is 10.5. The van der Waals surface area contributed by atoms with E-state index >= 15 is 0 Å². The summed E-state index contributed by atoms with van der Waals surface area (Å²) >= 11 is 0. The molecule has 7 nitrogen and oxygen atoms in total. The van der Waals surface area contributed by atoms with Crippen molar-refractivity contribution in [1.29, 1.82) is 0 Å². The van der Waals surface area contributed by atoms with Crippen LogP contribution in [0.2, 0.25) is 0 Å². The van der Waals surface area contributed by atoms with Crippen LogP contribution in [0.3, 0.4) is 0 Å². The third-order valence-electron chi connectivity index (χ3n) is 5.55. The largest absolute Gasteiger partial charge is 0.496 e. The maximum atomic E-state index is 12.8.